The number of hydrogen-bond acceptors (Lipinski definition) is 6. The lowest BCUT2D eigenvalue weighted by atomic mass is 10.0. The molecule has 3 rings (SSSR count). The highest BCUT2D eigenvalue weighted by molar-refractivity contribution is 7.89. The van der Waals surface area contributed by atoms with Gasteiger partial charge in [0.1, 0.15) is 0 Å². The second-order valence-corrected chi connectivity index (χ2v) is 8.81. The zero-order valence-electron chi connectivity index (χ0n) is 16.5. The first-order valence-corrected chi connectivity index (χ1v) is 10.7. The molecule has 0 fully saturated rings. The van der Waals surface area contributed by atoms with Crippen LogP contribution < -0.4 is 0 Å². The van der Waals surface area contributed by atoms with Crippen molar-refractivity contribution in [2.75, 3.05) is 14.2 Å². The number of carbonyl (C=O) groups is 2. The molecular weight excluding hydrogens is 394 g/mol. The van der Waals surface area contributed by atoms with Gasteiger partial charge in [0.05, 0.1) is 17.6 Å². The molecule has 29 heavy (non-hydrogen) atoms. The maximum Gasteiger partial charge on any atom is 0.338 e. The minimum absolute atomic E-state index is 0.0272. The third-order valence-corrected chi connectivity index (χ3v) is 6.71. The molecule has 0 amide bonds. The summed E-state index contributed by atoms with van der Waals surface area (Å²) >= 11 is 0. The van der Waals surface area contributed by atoms with E-state index in [4.69, 9.17) is 9.57 Å². The predicted molar refractivity (Wildman–Crippen MR) is 106 cm³/mol. The van der Waals surface area contributed by atoms with Crippen molar-refractivity contribution in [3.05, 3.63) is 64.7 Å². The fourth-order valence-electron chi connectivity index (χ4n) is 3.25. The molecule has 0 aromatic heterocycles. The SMILES string of the molecule is CON(C)S(=O)(=O)c1ccc(C(=O)O[C@H](C)C(=O)c2ccc3c(c2)CCC3)cc1. The number of ether oxygens (including phenoxy) is 1. The summed E-state index contributed by atoms with van der Waals surface area (Å²) in [6.45, 7) is 1.53. The fraction of sp³-hybridized carbons (Fsp3) is 0.333. The van der Waals surface area contributed by atoms with Gasteiger partial charge in [0.2, 0.25) is 5.78 Å². The number of nitrogens with zero attached hydrogens (tertiary/aromatic N) is 1. The van der Waals surface area contributed by atoms with Crippen LogP contribution in [-0.2, 0) is 32.4 Å². The molecule has 0 N–H and O–H groups in total. The summed E-state index contributed by atoms with van der Waals surface area (Å²) < 4.78 is 30.4. The van der Waals surface area contributed by atoms with E-state index in [9.17, 15) is 18.0 Å². The lowest BCUT2D eigenvalue weighted by Gasteiger charge is -2.15. The topological polar surface area (TPSA) is 90.0 Å². The third kappa shape index (κ3) is 4.39. The number of benzene rings is 2. The number of carbonyl (C=O) groups excluding carboxylic acids is 2. The Bertz CT molecular complexity index is 1030. The summed E-state index contributed by atoms with van der Waals surface area (Å²) in [6.07, 6.45) is 2.12. The van der Waals surface area contributed by atoms with E-state index >= 15 is 0 Å². The van der Waals surface area contributed by atoms with Crippen LogP contribution in [0.4, 0.5) is 0 Å². The highest BCUT2D eigenvalue weighted by atomic mass is 32.2. The molecule has 1 aliphatic rings. The van der Waals surface area contributed by atoms with Crippen LogP contribution in [0.15, 0.2) is 47.4 Å². The van der Waals surface area contributed by atoms with E-state index in [2.05, 4.69) is 0 Å². The maximum absolute atomic E-state index is 12.6. The number of sulfonamides is 1. The van der Waals surface area contributed by atoms with E-state index in [1.807, 2.05) is 12.1 Å². The van der Waals surface area contributed by atoms with E-state index in [-0.39, 0.29) is 16.2 Å². The van der Waals surface area contributed by atoms with Gasteiger partial charge in [-0.25, -0.2) is 13.2 Å². The van der Waals surface area contributed by atoms with E-state index in [1.54, 1.807) is 6.07 Å². The lowest BCUT2D eigenvalue weighted by molar-refractivity contribution is -0.0258. The quantitative estimate of drug-likeness (QED) is 0.391. The summed E-state index contributed by atoms with van der Waals surface area (Å²) in [7, 11) is -1.30. The Labute approximate surface area is 170 Å². The van der Waals surface area contributed by atoms with Crippen LogP contribution in [0.2, 0.25) is 0 Å². The number of Topliss-reactive ketones (excluding diaryl/α,β-unsaturated/α-hetero) is 1. The molecule has 0 spiro atoms. The van der Waals surface area contributed by atoms with Gasteiger partial charge in [-0.3, -0.25) is 9.63 Å². The first-order chi connectivity index (χ1) is 13.7. The first-order valence-electron chi connectivity index (χ1n) is 9.24. The van der Waals surface area contributed by atoms with Crippen LogP contribution in [0, 0.1) is 0 Å². The van der Waals surface area contributed by atoms with Gasteiger partial charge >= 0.3 is 5.97 Å². The average molecular weight is 417 g/mol. The van der Waals surface area contributed by atoms with Crippen molar-refractivity contribution in [3.63, 3.8) is 0 Å². The van der Waals surface area contributed by atoms with Gasteiger partial charge in [-0.05, 0) is 67.6 Å². The van der Waals surface area contributed by atoms with Crippen molar-refractivity contribution in [2.45, 2.75) is 37.2 Å². The number of ketones is 1. The van der Waals surface area contributed by atoms with Gasteiger partial charge < -0.3 is 4.74 Å². The highest BCUT2D eigenvalue weighted by Gasteiger charge is 2.24. The fourth-order valence-corrected chi connectivity index (χ4v) is 4.22. The molecule has 2 aromatic rings. The lowest BCUT2D eigenvalue weighted by Crippen LogP contribution is -2.26. The van der Waals surface area contributed by atoms with Crippen molar-refractivity contribution < 1.29 is 27.6 Å². The molecule has 0 saturated heterocycles. The number of fused-ring (bicyclic) bond motifs is 1. The zero-order chi connectivity index (χ0) is 21.2. The predicted octanol–water partition coefficient (Wildman–Crippen LogP) is 2.79. The number of aryl methyl sites for hydroxylation is 2. The van der Waals surface area contributed by atoms with Gasteiger partial charge in [-0.1, -0.05) is 16.6 Å². The molecule has 0 aliphatic heterocycles. The maximum atomic E-state index is 12.6. The van der Waals surface area contributed by atoms with Crippen molar-refractivity contribution in [3.8, 4) is 0 Å². The van der Waals surface area contributed by atoms with Crippen molar-refractivity contribution >= 4 is 21.8 Å². The van der Waals surface area contributed by atoms with Crippen LogP contribution in [0.5, 0.6) is 0 Å². The van der Waals surface area contributed by atoms with E-state index in [0.29, 0.717) is 5.56 Å². The van der Waals surface area contributed by atoms with Gasteiger partial charge in [0, 0.05) is 12.6 Å². The standard InChI is InChI=1S/C21H23NO6S/c1-14(20(23)18-8-7-15-5-4-6-17(15)13-18)28-21(24)16-9-11-19(12-10-16)29(25,26)22(2)27-3/h7-14H,4-6H2,1-3H3/t14-/m1/s1. The molecule has 0 heterocycles. The Hall–Kier alpha value is -2.55. The molecule has 0 bridgehead atoms. The summed E-state index contributed by atoms with van der Waals surface area (Å²) in [5, 5.41) is 0. The minimum Gasteiger partial charge on any atom is -0.451 e. The molecule has 154 valence electrons. The summed E-state index contributed by atoms with van der Waals surface area (Å²) in [4.78, 5) is 29.7. The largest absolute Gasteiger partial charge is 0.451 e. The molecule has 0 unspecified atom stereocenters. The summed E-state index contributed by atoms with van der Waals surface area (Å²) in [5.74, 6) is -0.968. The Balaban J connectivity index is 1.69. The number of hydroxylamine groups is 1. The Morgan fingerprint density at radius 1 is 1.00 bits per heavy atom. The number of rotatable bonds is 7. The van der Waals surface area contributed by atoms with Crippen molar-refractivity contribution in [1.29, 1.82) is 0 Å². The van der Waals surface area contributed by atoms with Gasteiger partial charge in [-0.2, -0.15) is 0 Å². The Morgan fingerprint density at radius 3 is 2.28 bits per heavy atom. The van der Waals surface area contributed by atoms with Crippen LogP contribution in [0.1, 0.15) is 45.2 Å². The second kappa shape index (κ2) is 8.44. The van der Waals surface area contributed by atoms with Crippen LogP contribution in [0.25, 0.3) is 0 Å². The van der Waals surface area contributed by atoms with Gasteiger partial charge in [0.15, 0.2) is 6.10 Å². The summed E-state index contributed by atoms with van der Waals surface area (Å²) in [5.41, 5.74) is 3.11. The molecule has 0 saturated carbocycles. The summed E-state index contributed by atoms with van der Waals surface area (Å²) in [6, 6.07) is 10.9. The van der Waals surface area contributed by atoms with Crippen LogP contribution in [-0.4, -0.2) is 44.9 Å². The first kappa shape index (κ1) is 21.2. The molecular formula is C21H23NO6S. The monoisotopic (exact) mass is 417 g/mol. The van der Waals surface area contributed by atoms with Crippen molar-refractivity contribution in [1.82, 2.24) is 4.47 Å². The zero-order valence-corrected chi connectivity index (χ0v) is 17.4. The van der Waals surface area contributed by atoms with Crippen LogP contribution in [0.3, 0.4) is 0 Å². The van der Waals surface area contributed by atoms with E-state index in [0.717, 1.165) is 23.7 Å². The number of esters is 1. The Kier molecular flexibility index (Phi) is 6.16. The van der Waals surface area contributed by atoms with Crippen molar-refractivity contribution in [2.24, 2.45) is 0 Å². The normalized spacial score (nSPS) is 14.5. The highest BCUT2D eigenvalue weighted by Crippen LogP contribution is 2.24. The smallest absolute Gasteiger partial charge is 0.338 e. The molecule has 0 radical (unpaired) electrons. The molecule has 1 aliphatic carbocycles. The minimum atomic E-state index is -3.80. The van der Waals surface area contributed by atoms with E-state index in [1.165, 1.54) is 56.5 Å². The van der Waals surface area contributed by atoms with Crippen LogP contribution >= 0.6 is 0 Å². The third-order valence-electron chi connectivity index (χ3n) is 5.02. The average Bonchev–Trinajstić information content (AvgIpc) is 3.20. The van der Waals surface area contributed by atoms with Gasteiger partial charge in [-0.15, -0.1) is 0 Å². The number of hydrogen-bond donors (Lipinski definition) is 0. The van der Waals surface area contributed by atoms with Gasteiger partial charge in [0.25, 0.3) is 10.0 Å². The van der Waals surface area contributed by atoms with E-state index < -0.39 is 22.1 Å². The molecule has 2 aromatic carbocycles. The second-order valence-electron chi connectivity index (χ2n) is 6.87. The Morgan fingerprint density at radius 2 is 1.62 bits per heavy atom. The molecule has 8 heteroatoms. The molecule has 1 atom stereocenters. The molecule has 7 nitrogen and oxygen atoms in total.